The molecule has 0 radical (unpaired) electrons. The highest BCUT2D eigenvalue weighted by atomic mass is 32.2. The summed E-state index contributed by atoms with van der Waals surface area (Å²) in [7, 11) is 0.786. The van der Waals surface area contributed by atoms with Gasteiger partial charge in [-0.15, -0.1) is 0 Å². The molecule has 1 atom stereocenters. The molecule has 8 nitrogen and oxygen atoms in total. The fourth-order valence-corrected chi connectivity index (χ4v) is 5.01. The molecule has 0 aliphatic carbocycles. The van der Waals surface area contributed by atoms with Crippen molar-refractivity contribution in [2.45, 2.75) is 38.8 Å². The van der Waals surface area contributed by atoms with Crippen molar-refractivity contribution < 1.29 is 40.8 Å². The fraction of sp³-hybridized carbons (Fsp3) is 0.333. The van der Waals surface area contributed by atoms with Gasteiger partial charge in [-0.2, -0.15) is 43.2 Å². The standard InChI is InChI=1S/C27H27F6N5O3S/c1-15-11-17(12-37-13-20(22(35-37)26(28,29)30)23(36-41-3)27(31,32)33)9-10-21(15)38(16(2)14-42-4)25(40)19-8-6-5-7-18(19)24(34)39/h5-11,13,16H,12,14H2,1-4H3,(H2,34,39)/t16-/m0/s1. The zero-order valence-electron chi connectivity index (χ0n) is 22.9. The van der Waals surface area contributed by atoms with E-state index in [4.69, 9.17) is 5.73 Å². The number of halogens is 6. The number of rotatable bonds is 10. The number of carbonyl (C=O) groups is 2. The van der Waals surface area contributed by atoms with Crippen molar-refractivity contribution in [2.75, 3.05) is 24.0 Å². The zero-order valence-corrected chi connectivity index (χ0v) is 23.7. The number of oxime groups is 1. The maximum Gasteiger partial charge on any atom is 0.437 e. The average molecular weight is 616 g/mol. The van der Waals surface area contributed by atoms with Crippen LogP contribution in [0, 0.1) is 6.92 Å². The van der Waals surface area contributed by atoms with Gasteiger partial charge >= 0.3 is 12.4 Å². The number of hydrogen-bond donors (Lipinski definition) is 1. The summed E-state index contributed by atoms with van der Waals surface area (Å²) in [5.41, 5.74) is 2.12. The number of aryl methyl sites for hydroxylation is 1. The van der Waals surface area contributed by atoms with Gasteiger partial charge in [-0.1, -0.05) is 29.4 Å². The molecule has 3 aromatic rings. The lowest BCUT2D eigenvalue weighted by Gasteiger charge is -2.31. The highest BCUT2D eigenvalue weighted by Gasteiger charge is 2.46. The molecule has 1 heterocycles. The summed E-state index contributed by atoms with van der Waals surface area (Å²) >= 11 is 1.49. The maximum absolute atomic E-state index is 13.7. The topological polar surface area (TPSA) is 103 Å². The van der Waals surface area contributed by atoms with Crippen molar-refractivity contribution in [2.24, 2.45) is 10.9 Å². The minimum absolute atomic E-state index is 0.0447. The molecule has 15 heteroatoms. The number of nitrogens with two attached hydrogens (primary N) is 1. The fourth-order valence-electron chi connectivity index (χ4n) is 4.38. The predicted octanol–water partition coefficient (Wildman–Crippen LogP) is 5.67. The maximum atomic E-state index is 13.7. The molecule has 0 aliphatic heterocycles. The van der Waals surface area contributed by atoms with Crippen LogP contribution in [0.5, 0.6) is 0 Å². The first-order valence-corrected chi connectivity index (χ1v) is 13.6. The molecule has 0 aliphatic rings. The average Bonchev–Trinajstić information content (AvgIpc) is 3.31. The van der Waals surface area contributed by atoms with Crippen LogP contribution in [0.1, 0.15) is 50.0 Å². The summed E-state index contributed by atoms with van der Waals surface area (Å²) in [6.07, 6.45) is -7.97. The van der Waals surface area contributed by atoms with Crippen LogP contribution in [-0.2, 0) is 17.6 Å². The van der Waals surface area contributed by atoms with Gasteiger partial charge in [0, 0.05) is 23.7 Å². The van der Waals surface area contributed by atoms with Gasteiger partial charge in [0.15, 0.2) is 11.4 Å². The third-order valence-corrected chi connectivity index (χ3v) is 6.91. The van der Waals surface area contributed by atoms with Crippen molar-refractivity contribution in [1.82, 2.24) is 9.78 Å². The molecule has 2 amide bonds. The first-order chi connectivity index (χ1) is 19.6. The van der Waals surface area contributed by atoms with Crippen LogP contribution in [0.15, 0.2) is 53.8 Å². The van der Waals surface area contributed by atoms with Crippen molar-refractivity contribution >= 4 is 35.0 Å². The predicted molar refractivity (Wildman–Crippen MR) is 147 cm³/mol. The lowest BCUT2D eigenvalue weighted by atomic mass is 10.0. The van der Waals surface area contributed by atoms with Crippen LogP contribution in [0.4, 0.5) is 32.0 Å². The van der Waals surface area contributed by atoms with Crippen LogP contribution in [0.2, 0.25) is 0 Å². The summed E-state index contributed by atoms with van der Waals surface area (Å²) < 4.78 is 82.0. The van der Waals surface area contributed by atoms with Crippen LogP contribution < -0.4 is 10.6 Å². The van der Waals surface area contributed by atoms with Gasteiger partial charge in [0.2, 0.25) is 5.91 Å². The number of primary amides is 1. The van der Waals surface area contributed by atoms with Crippen LogP contribution in [0.3, 0.4) is 0 Å². The smallest absolute Gasteiger partial charge is 0.399 e. The Morgan fingerprint density at radius 1 is 1.10 bits per heavy atom. The monoisotopic (exact) mass is 615 g/mol. The Kier molecular flexibility index (Phi) is 9.97. The molecular weight excluding hydrogens is 588 g/mol. The molecule has 0 saturated carbocycles. The second-order valence-corrected chi connectivity index (χ2v) is 10.1. The van der Waals surface area contributed by atoms with E-state index in [0.29, 0.717) is 28.8 Å². The van der Waals surface area contributed by atoms with Gasteiger partial charge in [0.25, 0.3) is 5.91 Å². The van der Waals surface area contributed by atoms with E-state index in [0.717, 1.165) is 11.8 Å². The molecule has 0 saturated heterocycles. The minimum atomic E-state index is -5.24. The Morgan fingerprint density at radius 2 is 1.74 bits per heavy atom. The van der Waals surface area contributed by atoms with Crippen molar-refractivity contribution in [3.05, 3.63) is 82.2 Å². The van der Waals surface area contributed by atoms with E-state index in [1.807, 2.05) is 13.2 Å². The summed E-state index contributed by atoms with van der Waals surface area (Å²) in [6, 6.07) is 10.5. The Morgan fingerprint density at radius 3 is 2.26 bits per heavy atom. The molecule has 0 spiro atoms. The number of amides is 2. The molecule has 1 aromatic heterocycles. The highest BCUT2D eigenvalue weighted by molar-refractivity contribution is 7.98. The number of aromatic nitrogens is 2. The first-order valence-electron chi connectivity index (χ1n) is 12.2. The van der Waals surface area contributed by atoms with Crippen molar-refractivity contribution in [3.63, 3.8) is 0 Å². The Labute approximate surface area is 241 Å². The van der Waals surface area contributed by atoms with E-state index in [1.165, 1.54) is 34.9 Å². The molecule has 3 rings (SSSR count). The second kappa shape index (κ2) is 12.9. The van der Waals surface area contributed by atoms with Crippen molar-refractivity contribution in [1.29, 1.82) is 0 Å². The molecular formula is C27H27F6N5O3S. The summed E-state index contributed by atoms with van der Waals surface area (Å²) in [4.78, 5) is 31.3. The molecule has 226 valence electrons. The largest absolute Gasteiger partial charge is 0.437 e. The summed E-state index contributed by atoms with van der Waals surface area (Å²) in [5, 5.41) is 6.14. The number of hydrogen-bond acceptors (Lipinski definition) is 6. The molecule has 2 N–H and O–H groups in total. The third-order valence-electron chi connectivity index (χ3n) is 6.09. The molecule has 42 heavy (non-hydrogen) atoms. The van der Waals surface area contributed by atoms with Crippen molar-refractivity contribution in [3.8, 4) is 0 Å². The molecule has 2 aromatic carbocycles. The number of thioether (sulfide) groups is 1. The number of benzene rings is 2. The zero-order chi connectivity index (χ0) is 31.4. The summed E-state index contributed by atoms with van der Waals surface area (Å²) in [6.45, 7) is 3.17. The minimum Gasteiger partial charge on any atom is -0.399 e. The number of nitrogens with zero attached hydrogens (tertiary/aromatic N) is 4. The van der Waals surface area contributed by atoms with E-state index >= 15 is 0 Å². The Bertz CT molecular complexity index is 1490. The number of alkyl halides is 6. The number of anilines is 1. The van der Waals surface area contributed by atoms with Gasteiger partial charge in [0.1, 0.15) is 7.11 Å². The molecule has 0 bridgehead atoms. The quantitative estimate of drug-likeness (QED) is 0.180. The lowest BCUT2D eigenvalue weighted by Crippen LogP contribution is -2.41. The SMILES string of the molecule is CON=C(c1cn(Cc2ccc(N(C(=O)c3ccccc3C(N)=O)[C@@H](C)CSC)c(C)c2)nc1C(F)(F)F)C(F)(F)F. The molecule has 0 unspecified atom stereocenters. The first kappa shape index (κ1) is 32.5. The Balaban J connectivity index is 2.04. The van der Waals surface area contributed by atoms with Crippen LogP contribution >= 0.6 is 11.8 Å². The highest BCUT2D eigenvalue weighted by Crippen LogP contribution is 2.35. The van der Waals surface area contributed by atoms with E-state index in [2.05, 4.69) is 15.1 Å². The van der Waals surface area contributed by atoms with E-state index in [9.17, 15) is 35.9 Å². The van der Waals surface area contributed by atoms with Crippen LogP contribution in [0.25, 0.3) is 0 Å². The van der Waals surface area contributed by atoms with Gasteiger partial charge in [-0.25, -0.2) is 0 Å². The normalized spacial score (nSPS) is 13.1. The lowest BCUT2D eigenvalue weighted by molar-refractivity contribution is -0.141. The van der Waals surface area contributed by atoms with Gasteiger partial charge in [-0.3, -0.25) is 14.3 Å². The molecule has 0 fully saturated rings. The van der Waals surface area contributed by atoms with Crippen LogP contribution in [-0.4, -0.2) is 58.6 Å². The van der Waals surface area contributed by atoms with E-state index in [1.54, 1.807) is 31.2 Å². The second-order valence-electron chi connectivity index (χ2n) is 9.22. The number of carbonyl (C=O) groups excluding carboxylic acids is 2. The third kappa shape index (κ3) is 7.24. The van der Waals surface area contributed by atoms with Gasteiger partial charge in [0.05, 0.1) is 23.2 Å². The van der Waals surface area contributed by atoms with E-state index in [-0.39, 0.29) is 23.7 Å². The Hall–Kier alpha value is -4.01. The summed E-state index contributed by atoms with van der Waals surface area (Å²) in [5.74, 6) is -0.720. The van der Waals surface area contributed by atoms with Gasteiger partial charge in [-0.05, 0) is 49.4 Å². The van der Waals surface area contributed by atoms with E-state index < -0.39 is 41.1 Å². The van der Waals surface area contributed by atoms with Gasteiger partial charge < -0.3 is 15.5 Å².